The SMILES string of the molecule is CC[C@H](N)C(=O)OC(C)COC. The van der Waals surface area contributed by atoms with Crippen molar-refractivity contribution in [3.05, 3.63) is 0 Å². The van der Waals surface area contributed by atoms with Crippen molar-refractivity contribution in [2.24, 2.45) is 5.73 Å². The summed E-state index contributed by atoms with van der Waals surface area (Å²) in [4.78, 5) is 11.1. The third-order valence-electron chi connectivity index (χ3n) is 1.46. The molecule has 0 aliphatic heterocycles. The van der Waals surface area contributed by atoms with E-state index in [9.17, 15) is 4.79 Å². The molecule has 0 aromatic carbocycles. The van der Waals surface area contributed by atoms with Gasteiger partial charge in [0.1, 0.15) is 12.1 Å². The molecule has 0 saturated carbocycles. The zero-order valence-corrected chi connectivity index (χ0v) is 7.87. The minimum absolute atomic E-state index is 0.222. The fraction of sp³-hybridized carbons (Fsp3) is 0.875. The number of rotatable bonds is 5. The smallest absolute Gasteiger partial charge is 0.323 e. The molecule has 2 N–H and O–H groups in total. The number of carbonyl (C=O) groups excluding carboxylic acids is 1. The molecule has 0 aliphatic carbocycles. The van der Waals surface area contributed by atoms with E-state index in [0.717, 1.165) is 0 Å². The molecule has 0 aliphatic rings. The fourth-order valence-electron chi connectivity index (χ4n) is 0.721. The second-order valence-corrected chi connectivity index (χ2v) is 2.72. The largest absolute Gasteiger partial charge is 0.459 e. The minimum atomic E-state index is -0.510. The van der Waals surface area contributed by atoms with Crippen LogP contribution in [0.4, 0.5) is 0 Å². The van der Waals surface area contributed by atoms with Crippen molar-refractivity contribution >= 4 is 5.97 Å². The summed E-state index contributed by atoms with van der Waals surface area (Å²) < 4.78 is 9.75. The van der Waals surface area contributed by atoms with E-state index >= 15 is 0 Å². The third-order valence-corrected chi connectivity index (χ3v) is 1.46. The Hall–Kier alpha value is -0.610. The number of ether oxygens (including phenoxy) is 2. The van der Waals surface area contributed by atoms with Crippen LogP contribution in [0.2, 0.25) is 0 Å². The van der Waals surface area contributed by atoms with E-state index in [-0.39, 0.29) is 12.1 Å². The first-order chi connectivity index (χ1) is 5.61. The van der Waals surface area contributed by atoms with Gasteiger partial charge in [0, 0.05) is 7.11 Å². The van der Waals surface area contributed by atoms with Gasteiger partial charge in [0.25, 0.3) is 0 Å². The van der Waals surface area contributed by atoms with E-state index in [1.807, 2.05) is 6.92 Å². The van der Waals surface area contributed by atoms with Gasteiger partial charge < -0.3 is 15.2 Å². The topological polar surface area (TPSA) is 61.6 Å². The van der Waals surface area contributed by atoms with Crippen LogP contribution in [0.15, 0.2) is 0 Å². The molecule has 0 spiro atoms. The molecule has 0 fully saturated rings. The number of methoxy groups -OCH3 is 1. The molecule has 0 aromatic heterocycles. The molecule has 4 nitrogen and oxygen atoms in total. The Morgan fingerprint density at radius 2 is 2.17 bits per heavy atom. The van der Waals surface area contributed by atoms with Crippen LogP contribution in [0.3, 0.4) is 0 Å². The maximum atomic E-state index is 11.1. The molecule has 2 atom stereocenters. The molecule has 0 saturated heterocycles. The molecule has 0 radical (unpaired) electrons. The Morgan fingerprint density at radius 3 is 2.58 bits per heavy atom. The highest BCUT2D eigenvalue weighted by atomic mass is 16.6. The first-order valence-corrected chi connectivity index (χ1v) is 4.06. The second kappa shape index (κ2) is 5.97. The van der Waals surface area contributed by atoms with E-state index in [1.54, 1.807) is 14.0 Å². The summed E-state index contributed by atoms with van der Waals surface area (Å²) in [7, 11) is 1.56. The number of carbonyl (C=O) groups is 1. The third kappa shape index (κ3) is 4.31. The molecule has 1 unspecified atom stereocenters. The van der Waals surface area contributed by atoms with Gasteiger partial charge >= 0.3 is 5.97 Å². The molecule has 0 aromatic rings. The number of esters is 1. The standard InChI is InChI=1S/C8H17NO3/c1-4-7(9)8(10)12-6(2)5-11-3/h6-7H,4-5,9H2,1-3H3/t6?,7-/m0/s1. The summed E-state index contributed by atoms with van der Waals surface area (Å²) in [5.74, 6) is -0.359. The van der Waals surface area contributed by atoms with Crippen molar-refractivity contribution in [3.8, 4) is 0 Å². The van der Waals surface area contributed by atoms with Gasteiger partial charge in [-0.15, -0.1) is 0 Å². The summed E-state index contributed by atoms with van der Waals surface area (Å²) in [6.07, 6.45) is 0.374. The maximum Gasteiger partial charge on any atom is 0.323 e. The Labute approximate surface area is 73.0 Å². The molecule has 72 valence electrons. The lowest BCUT2D eigenvalue weighted by Crippen LogP contribution is -2.34. The van der Waals surface area contributed by atoms with Crippen LogP contribution in [0.5, 0.6) is 0 Å². The average Bonchev–Trinajstić information content (AvgIpc) is 2.03. The highest BCUT2D eigenvalue weighted by Crippen LogP contribution is 1.96. The Balaban J connectivity index is 3.67. The van der Waals surface area contributed by atoms with Crippen LogP contribution in [-0.4, -0.2) is 31.8 Å². The quantitative estimate of drug-likeness (QED) is 0.610. The van der Waals surface area contributed by atoms with Crippen molar-refractivity contribution in [1.82, 2.24) is 0 Å². The van der Waals surface area contributed by atoms with Crippen molar-refractivity contribution in [2.45, 2.75) is 32.4 Å². The summed E-state index contributed by atoms with van der Waals surface area (Å²) in [5, 5.41) is 0. The van der Waals surface area contributed by atoms with Crippen molar-refractivity contribution in [3.63, 3.8) is 0 Å². The first kappa shape index (κ1) is 11.4. The minimum Gasteiger partial charge on any atom is -0.459 e. The summed E-state index contributed by atoms with van der Waals surface area (Å²) in [6, 6.07) is -0.510. The zero-order valence-electron chi connectivity index (χ0n) is 7.87. The van der Waals surface area contributed by atoms with E-state index in [4.69, 9.17) is 15.2 Å². The van der Waals surface area contributed by atoms with Gasteiger partial charge in [-0.25, -0.2) is 0 Å². The zero-order chi connectivity index (χ0) is 9.56. The van der Waals surface area contributed by atoms with Crippen molar-refractivity contribution in [2.75, 3.05) is 13.7 Å². The molecule has 12 heavy (non-hydrogen) atoms. The predicted molar refractivity (Wildman–Crippen MR) is 45.7 cm³/mol. The molecule has 0 heterocycles. The Bertz CT molecular complexity index is 138. The predicted octanol–water partition coefficient (Wildman–Crippen LogP) is 0.302. The van der Waals surface area contributed by atoms with Gasteiger partial charge in [0.05, 0.1) is 6.61 Å². The van der Waals surface area contributed by atoms with Crippen LogP contribution >= 0.6 is 0 Å². The van der Waals surface area contributed by atoms with Gasteiger partial charge in [-0.3, -0.25) is 4.79 Å². The van der Waals surface area contributed by atoms with Crippen LogP contribution in [0, 0.1) is 0 Å². The van der Waals surface area contributed by atoms with Gasteiger partial charge in [0.15, 0.2) is 0 Å². The fourth-order valence-corrected chi connectivity index (χ4v) is 0.721. The van der Waals surface area contributed by atoms with E-state index < -0.39 is 6.04 Å². The van der Waals surface area contributed by atoms with E-state index in [0.29, 0.717) is 13.0 Å². The lowest BCUT2D eigenvalue weighted by atomic mass is 10.2. The molecule has 0 rings (SSSR count). The average molecular weight is 175 g/mol. The first-order valence-electron chi connectivity index (χ1n) is 4.06. The van der Waals surface area contributed by atoms with Crippen molar-refractivity contribution in [1.29, 1.82) is 0 Å². The van der Waals surface area contributed by atoms with Gasteiger partial charge in [0.2, 0.25) is 0 Å². The van der Waals surface area contributed by atoms with E-state index in [1.165, 1.54) is 0 Å². The summed E-state index contributed by atoms with van der Waals surface area (Å²) in [6.45, 7) is 4.01. The number of nitrogens with two attached hydrogens (primary N) is 1. The maximum absolute atomic E-state index is 11.1. The van der Waals surface area contributed by atoms with Gasteiger partial charge in [-0.1, -0.05) is 6.92 Å². The molecule has 0 bridgehead atoms. The second-order valence-electron chi connectivity index (χ2n) is 2.72. The van der Waals surface area contributed by atoms with Crippen LogP contribution in [0.1, 0.15) is 20.3 Å². The number of hydrogen-bond acceptors (Lipinski definition) is 4. The van der Waals surface area contributed by atoms with Crippen LogP contribution in [0.25, 0.3) is 0 Å². The molecule has 4 heteroatoms. The van der Waals surface area contributed by atoms with E-state index in [2.05, 4.69) is 0 Å². The number of hydrogen-bond donors (Lipinski definition) is 1. The van der Waals surface area contributed by atoms with Gasteiger partial charge in [-0.2, -0.15) is 0 Å². The molecular weight excluding hydrogens is 158 g/mol. The molecular formula is C8H17NO3. The van der Waals surface area contributed by atoms with Crippen LogP contribution < -0.4 is 5.73 Å². The lowest BCUT2D eigenvalue weighted by molar-refractivity contribution is -0.152. The highest BCUT2D eigenvalue weighted by molar-refractivity contribution is 5.75. The Morgan fingerprint density at radius 1 is 1.58 bits per heavy atom. The normalized spacial score (nSPS) is 15.3. The van der Waals surface area contributed by atoms with Crippen molar-refractivity contribution < 1.29 is 14.3 Å². The van der Waals surface area contributed by atoms with Gasteiger partial charge in [-0.05, 0) is 13.3 Å². The Kier molecular flexibility index (Phi) is 5.66. The lowest BCUT2D eigenvalue weighted by Gasteiger charge is -2.14. The highest BCUT2D eigenvalue weighted by Gasteiger charge is 2.15. The molecule has 0 amide bonds. The van der Waals surface area contributed by atoms with Crippen LogP contribution in [-0.2, 0) is 14.3 Å². The monoisotopic (exact) mass is 175 g/mol. The summed E-state index contributed by atoms with van der Waals surface area (Å²) >= 11 is 0. The summed E-state index contributed by atoms with van der Waals surface area (Å²) in [5.41, 5.74) is 5.45.